The van der Waals surface area contributed by atoms with Crippen molar-refractivity contribution in [2.24, 2.45) is 12.8 Å². The van der Waals surface area contributed by atoms with Crippen molar-refractivity contribution in [2.75, 3.05) is 6.61 Å². The van der Waals surface area contributed by atoms with Gasteiger partial charge < -0.3 is 10.5 Å². The first-order valence-corrected chi connectivity index (χ1v) is 5.17. The molecule has 2 N–H and O–H groups in total. The Balaban J connectivity index is 1.91. The van der Waals surface area contributed by atoms with Crippen LogP contribution in [0.4, 0.5) is 0 Å². The van der Waals surface area contributed by atoms with Gasteiger partial charge in [-0.2, -0.15) is 5.10 Å². The average Bonchev–Trinajstić information content (AvgIpc) is 2.73. The minimum atomic E-state index is -0.110. The van der Waals surface area contributed by atoms with Crippen LogP contribution < -0.4 is 10.5 Å². The number of hydrogen-bond donors (Lipinski definition) is 1. The van der Waals surface area contributed by atoms with Crippen molar-refractivity contribution >= 4 is 0 Å². The molecule has 1 aromatic carbocycles. The molecule has 0 amide bonds. The first-order chi connectivity index (χ1) is 7.75. The lowest BCUT2D eigenvalue weighted by molar-refractivity contribution is 0.290. The summed E-state index contributed by atoms with van der Waals surface area (Å²) in [4.78, 5) is 0. The van der Waals surface area contributed by atoms with E-state index >= 15 is 0 Å². The van der Waals surface area contributed by atoms with E-state index in [1.54, 1.807) is 10.9 Å². The molecule has 0 saturated carbocycles. The largest absolute Gasteiger partial charge is 0.488 e. The van der Waals surface area contributed by atoms with Gasteiger partial charge in [-0.1, -0.05) is 30.3 Å². The minimum absolute atomic E-state index is 0.110. The quantitative estimate of drug-likeness (QED) is 0.844. The van der Waals surface area contributed by atoms with E-state index in [2.05, 4.69) is 5.10 Å². The maximum atomic E-state index is 6.00. The zero-order valence-corrected chi connectivity index (χ0v) is 9.21. The van der Waals surface area contributed by atoms with Gasteiger partial charge in [-0.3, -0.25) is 4.68 Å². The predicted octanol–water partition coefficient (Wildman–Crippen LogP) is 1.50. The van der Waals surface area contributed by atoms with Crippen LogP contribution in [0.1, 0.15) is 11.6 Å². The van der Waals surface area contributed by atoms with Gasteiger partial charge in [-0.25, -0.2) is 0 Å². The van der Waals surface area contributed by atoms with Gasteiger partial charge in [0.1, 0.15) is 6.61 Å². The van der Waals surface area contributed by atoms with Crippen LogP contribution in [0.25, 0.3) is 0 Å². The second kappa shape index (κ2) is 4.81. The molecule has 0 aliphatic rings. The normalized spacial score (nSPS) is 12.4. The Morgan fingerprint density at radius 1 is 1.38 bits per heavy atom. The molecule has 0 aliphatic heterocycles. The fraction of sp³-hybridized carbons (Fsp3) is 0.250. The molecule has 1 aromatic heterocycles. The molecular formula is C12H15N3O. The van der Waals surface area contributed by atoms with Crippen LogP contribution >= 0.6 is 0 Å². The fourth-order valence-corrected chi connectivity index (χ4v) is 1.46. The van der Waals surface area contributed by atoms with Crippen molar-refractivity contribution in [2.45, 2.75) is 6.04 Å². The molecule has 1 heterocycles. The second-order valence-corrected chi connectivity index (χ2v) is 3.68. The van der Waals surface area contributed by atoms with Gasteiger partial charge >= 0.3 is 0 Å². The van der Waals surface area contributed by atoms with E-state index in [9.17, 15) is 0 Å². The van der Waals surface area contributed by atoms with Crippen LogP contribution in [-0.4, -0.2) is 16.4 Å². The van der Waals surface area contributed by atoms with E-state index in [4.69, 9.17) is 10.5 Å². The summed E-state index contributed by atoms with van der Waals surface area (Å²) in [6.45, 7) is 0.454. The van der Waals surface area contributed by atoms with Crippen molar-refractivity contribution in [1.29, 1.82) is 0 Å². The van der Waals surface area contributed by atoms with Crippen molar-refractivity contribution < 1.29 is 4.74 Å². The molecule has 4 heteroatoms. The SMILES string of the molecule is Cn1cc(OCC(N)c2ccccc2)cn1. The van der Waals surface area contributed by atoms with E-state index in [-0.39, 0.29) is 6.04 Å². The summed E-state index contributed by atoms with van der Waals surface area (Å²) in [6, 6.07) is 9.80. The lowest BCUT2D eigenvalue weighted by Gasteiger charge is -2.12. The zero-order valence-electron chi connectivity index (χ0n) is 9.21. The van der Waals surface area contributed by atoms with E-state index in [0.29, 0.717) is 6.61 Å². The van der Waals surface area contributed by atoms with Crippen molar-refractivity contribution in [3.05, 3.63) is 48.3 Å². The number of benzene rings is 1. The Kier molecular flexibility index (Phi) is 3.22. The van der Waals surface area contributed by atoms with Crippen molar-refractivity contribution in [3.63, 3.8) is 0 Å². The number of aromatic nitrogens is 2. The molecule has 0 aliphatic carbocycles. The Labute approximate surface area is 94.6 Å². The van der Waals surface area contributed by atoms with E-state index in [1.807, 2.05) is 43.6 Å². The third-order valence-corrected chi connectivity index (χ3v) is 2.34. The number of rotatable bonds is 4. The number of nitrogens with zero attached hydrogens (tertiary/aromatic N) is 2. The van der Waals surface area contributed by atoms with Gasteiger partial charge in [0.2, 0.25) is 0 Å². The number of ether oxygens (including phenoxy) is 1. The molecule has 84 valence electrons. The molecule has 4 nitrogen and oxygen atoms in total. The molecule has 16 heavy (non-hydrogen) atoms. The summed E-state index contributed by atoms with van der Waals surface area (Å²) in [5.74, 6) is 0.744. The zero-order chi connectivity index (χ0) is 11.4. The Hall–Kier alpha value is -1.81. The lowest BCUT2D eigenvalue weighted by atomic mass is 10.1. The van der Waals surface area contributed by atoms with E-state index in [0.717, 1.165) is 11.3 Å². The predicted molar refractivity (Wildman–Crippen MR) is 62.1 cm³/mol. The first kappa shape index (κ1) is 10.7. The molecule has 0 radical (unpaired) electrons. The summed E-state index contributed by atoms with van der Waals surface area (Å²) >= 11 is 0. The molecule has 1 atom stereocenters. The van der Waals surface area contributed by atoms with E-state index in [1.165, 1.54) is 0 Å². The number of nitrogens with two attached hydrogens (primary N) is 1. The highest BCUT2D eigenvalue weighted by atomic mass is 16.5. The van der Waals surface area contributed by atoms with E-state index < -0.39 is 0 Å². The highest BCUT2D eigenvalue weighted by Gasteiger charge is 2.06. The summed E-state index contributed by atoms with van der Waals surface area (Å²) in [6.07, 6.45) is 3.50. The average molecular weight is 217 g/mol. The van der Waals surface area contributed by atoms with Gasteiger partial charge in [0.25, 0.3) is 0 Å². The van der Waals surface area contributed by atoms with Crippen LogP contribution in [0.5, 0.6) is 5.75 Å². The maximum Gasteiger partial charge on any atom is 0.157 e. The van der Waals surface area contributed by atoms with Gasteiger partial charge in [-0.15, -0.1) is 0 Å². The molecule has 2 rings (SSSR count). The molecule has 0 bridgehead atoms. The third kappa shape index (κ3) is 2.61. The smallest absolute Gasteiger partial charge is 0.157 e. The fourth-order valence-electron chi connectivity index (χ4n) is 1.46. The van der Waals surface area contributed by atoms with Gasteiger partial charge in [0, 0.05) is 7.05 Å². The summed E-state index contributed by atoms with van der Waals surface area (Å²) in [7, 11) is 1.85. The van der Waals surface area contributed by atoms with Crippen LogP contribution in [0, 0.1) is 0 Å². The molecule has 1 unspecified atom stereocenters. The van der Waals surface area contributed by atoms with Gasteiger partial charge in [-0.05, 0) is 5.56 Å². The first-order valence-electron chi connectivity index (χ1n) is 5.17. The molecule has 2 aromatic rings. The lowest BCUT2D eigenvalue weighted by Crippen LogP contribution is -2.18. The summed E-state index contributed by atoms with van der Waals surface area (Å²) < 4.78 is 7.23. The molecular weight excluding hydrogens is 202 g/mol. The van der Waals surface area contributed by atoms with Gasteiger partial charge in [0.15, 0.2) is 5.75 Å². The topological polar surface area (TPSA) is 53.1 Å². The van der Waals surface area contributed by atoms with Gasteiger partial charge in [0.05, 0.1) is 18.4 Å². The van der Waals surface area contributed by atoms with Crippen LogP contribution in [0.2, 0.25) is 0 Å². The monoisotopic (exact) mass is 217 g/mol. The molecule has 0 saturated heterocycles. The molecule has 0 spiro atoms. The van der Waals surface area contributed by atoms with Crippen molar-refractivity contribution in [3.8, 4) is 5.75 Å². The highest BCUT2D eigenvalue weighted by Crippen LogP contribution is 2.13. The van der Waals surface area contributed by atoms with Crippen LogP contribution in [0.3, 0.4) is 0 Å². The highest BCUT2D eigenvalue weighted by molar-refractivity contribution is 5.19. The second-order valence-electron chi connectivity index (χ2n) is 3.68. The Morgan fingerprint density at radius 2 is 2.12 bits per heavy atom. The maximum absolute atomic E-state index is 6.00. The Bertz CT molecular complexity index is 439. The van der Waals surface area contributed by atoms with Crippen molar-refractivity contribution in [1.82, 2.24) is 9.78 Å². The van der Waals surface area contributed by atoms with Crippen LogP contribution in [0.15, 0.2) is 42.7 Å². The summed E-state index contributed by atoms with van der Waals surface area (Å²) in [5, 5.41) is 4.02. The standard InChI is InChI=1S/C12H15N3O/c1-15-8-11(7-14-15)16-9-12(13)10-5-3-2-4-6-10/h2-8,12H,9,13H2,1H3. The summed E-state index contributed by atoms with van der Waals surface area (Å²) in [5.41, 5.74) is 7.07. The number of aryl methyl sites for hydroxylation is 1. The van der Waals surface area contributed by atoms with Crippen LogP contribution in [-0.2, 0) is 7.05 Å². The number of hydrogen-bond acceptors (Lipinski definition) is 3. The molecule has 0 fully saturated rings. The Morgan fingerprint density at radius 3 is 2.75 bits per heavy atom. The third-order valence-electron chi connectivity index (χ3n) is 2.34. The minimum Gasteiger partial charge on any atom is -0.488 e.